The maximum absolute atomic E-state index is 12.5. The average molecular weight is 297 g/mol. The first-order valence-corrected chi connectivity index (χ1v) is 7.37. The van der Waals surface area contributed by atoms with Crippen LogP contribution < -0.4 is 14.4 Å². The van der Waals surface area contributed by atoms with Crippen LogP contribution in [0.5, 0.6) is 11.5 Å². The van der Waals surface area contributed by atoms with Crippen LogP contribution in [0.1, 0.15) is 11.1 Å². The number of fused-ring (bicyclic) bond motifs is 1. The van der Waals surface area contributed by atoms with Gasteiger partial charge in [-0.05, 0) is 49.2 Å². The van der Waals surface area contributed by atoms with E-state index in [9.17, 15) is 4.79 Å². The Morgan fingerprint density at radius 2 is 2.00 bits per heavy atom. The van der Waals surface area contributed by atoms with Gasteiger partial charge in [-0.2, -0.15) is 0 Å². The third-order valence-corrected chi connectivity index (χ3v) is 3.63. The van der Waals surface area contributed by atoms with Gasteiger partial charge in [0.1, 0.15) is 18.1 Å². The number of carbonyl (C=O) groups is 1. The lowest BCUT2D eigenvalue weighted by Crippen LogP contribution is -2.40. The standard InChI is InChI=1S/C18H19NO3/c1-13-4-3-5-15(10-13)22-12-18(20)19-8-9-21-17-7-6-14(2)11-16(17)19/h3-7,10-11H,8-9,12H2,1-2H3. The predicted molar refractivity (Wildman–Crippen MR) is 85.7 cm³/mol. The number of ether oxygens (including phenoxy) is 2. The molecule has 4 nitrogen and oxygen atoms in total. The molecule has 2 aromatic carbocycles. The number of hydrogen-bond donors (Lipinski definition) is 0. The van der Waals surface area contributed by atoms with Crippen molar-refractivity contribution in [3.63, 3.8) is 0 Å². The zero-order valence-corrected chi connectivity index (χ0v) is 12.8. The topological polar surface area (TPSA) is 38.8 Å². The predicted octanol–water partition coefficient (Wildman–Crippen LogP) is 3.11. The van der Waals surface area contributed by atoms with Crippen molar-refractivity contribution < 1.29 is 14.3 Å². The van der Waals surface area contributed by atoms with Crippen molar-refractivity contribution >= 4 is 11.6 Å². The van der Waals surface area contributed by atoms with Crippen LogP contribution >= 0.6 is 0 Å². The van der Waals surface area contributed by atoms with Crippen LogP contribution in [0.25, 0.3) is 0 Å². The first kappa shape index (κ1) is 14.4. The van der Waals surface area contributed by atoms with Crippen LogP contribution in [0.2, 0.25) is 0 Å². The third kappa shape index (κ3) is 3.06. The molecular weight excluding hydrogens is 278 g/mol. The van der Waals surface area contributed by atoms with Crippen molar-refractivity contribution in [3.05, 3.63) is 53.6 Å². The fraction of sp³-hybridized carbons (Fsp3) is 0.278. The van der Waals surface area contributed by atoms with Gasteiger partial charge in [-0.1, -0.05) is 18.2 Å². The lowest BCUT2D eigenvalue weighted by Gasteiger charge is -2.29. The summed E-state index contributed by atoms with van der Waals surface area (Å²) < 4.78 is 11.2. The van der Waals surface area contributed by atoms with Crippen molar-refractivity contribution in [1.82, 2.24) is 0 Å². The van der Waals surface area contributed by atoms with E-state index in [0.717, 1.165) is 22.6 Å². The summed E-state index contributed by atoms with van der Waals surface area (Å²) in [4.78, 5) is 14.2. The van der Waals surface area contributed by atoms with Crippen LogP contribution in [0.15, 0.2) is 42.5 Å². The van der Waals surface area contributed by atoms with Crippen LogP contribution in [0.4, 0.5) is 5.69 Å². The molecule has 1 aliphatic rings. The van der Waals surface area contributed by atoms with Gasteiger partial charge in [-0.3, -0.25) is 4.79 Å². The van der Waals surface area contributed by atoms with Gasteiger partial charge < -0.3 is 14.4 Å². The molecule has 0 saturated heterocycles. The van der Waals surface area contributed by atoms with Crippen molar-refractivity contribution in [3.8, 4) is 11.5 Å². The second-order valence-corrected chi connectivity index (χ2v) is 5.47. The summed E-state index contributed by atoms with van der Waals surface area (Å²) in [5.41, 5.74) is 3.03. The molecule has 0 N–H and O–H groups in total. The summed E-state index contributed by atoms with van der Waals surface area (Å²) in [6, 6.07) is 13.6. The van der Waals surface area contributed by atoms with E-state index in [0.29, 0.717) is 18.9 Å². The molecule has 0 atom stereocenters. The molecule has 0 saturated carbocycles. The molecule has 0 aliphatic carbocycles. The first-order valence-electron chi connectivity index (χ1n) is 7.37. The summed E-state index contributed by atoms with van der Waals surface area (Å²) >= 11 is 0. The van der Waals surface area contributed by atoms with Gasteiger partial charge in [0.2, 0.25) is 0 Å². The number of anilines is 1. The number of carbonyl (C=O) groups excluding carboxylic acids is 1. The summed E-state index contributed by atoms with van der Waals surface area (Å²) in [6.45, 7) is 5.08. The van der Waals surface area contributed by atoms with E-state index in [2.05, 4.69) is 0 Å². The van der Waals surface area contributed by atoms with Gasteiger partial charge in [-0.25, -0.2) is 0 Å². The van der Waals surface area contributed by atoms with Crippen LogP contribution in [-0.4, -0.2) is 25.7 Å². The Kier molecular flexibility index (Phi) is 4.00. The van der Waals surface area contributed by atoms with E-state index < -0.39 is 0 Å². The van der Waals surface area contributed by atoms with E-state index in [1.807, 2.05) is 56.3 Å². The molecule has 0 aromatic heterocycles. The summed E-state index contributed by atoms with van der Waals surface area (Å²) in [5, 5.41) is 0. The highest BCUT2D eigenvalue weighted by Gasteiger charge is 2.24. The van der Waals surface area contributed by atoms with Crippen LogP contribution in [-0.2, 0) is 4.79 Å². The number of nitrogens with zero attached hydrogens (tertiary/aromatic N) is 1. The van der Waals surface area contributed by atoms with E-state index >= 15 is 0 Å². The van der Waals surface area contributed by atoms with Crippen molar-refractivity contribution in [2.75, 3.05) is 24.7 Å². The number of amides is 1. The average Bonchev–Trinajstić information content (AvgIpc) is 2.52. The fourth-order valence-corrected chi connectivity index (χ4v) is 2.51. The van der Waals surface area contributed by atoms with Gasteiger partial charge >= 0.3 is 0 Å². The highest BCUT2D eigenvalue weighted by molar-refractivity contribution is 5.96. The van der Waals surface area contributed by atoms with Crippen LogP contribution in [0.3, 0.4) is 0 Å². The van der Waals surface area contributed by atoms with Crippen molar-refractivity contribution in [2.45, 2.75) is 13.8 Å². The van der Waals surface area contributed by atoms with E-state index in [1.165, 1.54) is 0 Å². The zero-order chi connectivity index (χ0) is 15.5. The van der Waals surface area contributed by atoms with Gasteiger partial charge in [0.15, 0.2) is 6.61 Å². The summed E-state index contributed by atoms with van der Waals surface area (Å²) in [6.07, 6.45) is 0. The van der Waals surface area contributed by atoms with Gasteiger partial charge in [0.05, 0.1) is 12.2 Å². The Labute approximate surface area is 130 Å². The van der Waals surface area contributed by atoms with Crippen molar-refractivity contribution in [1.29, 1.82) is 0 Å². The number of hydrogen-bond acceptors (Lipinski definition) is 3. The summed E-state index contributed by atoms with van der Waals surface area (Å²) in [7, 11) is 0. The molecule has 0 unspecified atom stereocenters. The Morgan fingerprint density at radius 3 is 2.82 bits per heavy atom. The number of benzene rings is 2. The van der Waals surface area contributed by atoms with E-state index in [1.54, 1.807) is 4.90 Å². The maximum Gasteiger partial charge on any atom is 0.265 e. The lowest BCUT2D eigenvalue weighted by molar-refractivity contribution is -0.120. The van der Waals surface area contributed by atoms with Crippen molar-refractivity contribution in [2.24, 2.45) is 0 Å². The minimum absolute atomic E-state index is 0.0246. The first-order chi connectivity index (χ1) is 10.6. The second-order valence-electron chi connectivity index (χ2n) is 5.47. The molecule has 0 spiro atoms. The van der Waals surface area contributed by atoms with Gasteiger partial charge in [0.25, 0.3) is 5.91 Å². The normalized spacial score (nSPS) is 13.3. The largest absolute Gasteiger partial charge is 0.490 e. The molecule has 0 fully saturated rings. The quantitative estimate of drug-likeness (QED) is 0.874. The molecular formula is C18H19NO3. The van der Waals surface area contributed by atoms with E-state index in [4.69, 9.17) is 9.47 Å². The fourth-order valence-electron chi connectivity index (χ4n) is 2.51. The molecule has 1 amide bonds. The van der Waals surface area contributed by atoms with E-state index in [-0.39, 0.29) is 12.5 Å². The molecule has 22 heavy (non-hydrogen) atoms. The molecule has 2 aromatic rings. The Morgan fingerprint density at radius 1 is 1.18 bits per heavy atom. The molecule has 0 radical (unpaired) electrons. The Hall–Kier alpha value is -2.49. The summed E-state index contributed by atoms with van der Waals surface area (Å²) in [5.74, 6) is 1.41. The molecule has 0 bridgehead atoms. The second kappa shape index (κ2) is 6.10. The van der Waals surface area contributed by atoms with Crippen LogP contribution in [0, 0.1) is 13.8 Å². The minimum Gasteiger partial charge on any atom is -0.490 e. The number of aryl methyl sites for hydroxylation is 2. The highest BCUT2D eigenvalue weighted by Crippen LogP contribution is 2.32. The van der Waals surface area contributed by atoms with Gasteiger partial charge in [0, 0.05) is 0 Å². The smallest absolute Gasteiger partial charge is 0.265 e. The van der Waals surface area contributed by atoms with Gasteiger partial charge in [-0.15, -0.1) is 0 Å². The third-order valence-electron chi connectivity index (χ3n) is 3.63. The lowest BCUT2D eigenvalue weighted by atomic mass is 10.1. The monoisotopic (exact) mass is 297 g/mol. The SMILES string of the molecule is Cc1cccc(OCC(=O)N2CCOc3ccc(C)cc32)c1. The molecule has 3 rings (SSSR count). The molecule has 1 heterocycles. The maximum atomic E-state index is 12.5. The molecule has 114 valence electrons. The zero-order valence-electron chi connectivity index (χ0n) is 12.8. The molecule has 1 aliphatic heterocycles. The Bertz CT molecular complexity index is 696. The molecule has 4 heteroatoms. The highest BCUT2D eigenvalue weighted by atomic mass is 16.5. The Balaban J connectivity index is 1.72. The number of rotatable bonds is 3. The minimum atomic E-state index is -0.0587.